The summed E-state index contributed by atoms with van der Waals surface area (Å²) in [6.45, 7) is 2.51. The molecule has 0 saturated heterocycles. The van der Waals surface area contributed by atoms with Crippen molar-refractivity contribution in [2.45, 2.75) is 19.3 Å². The number of hydrogen-bond acceptors (Lipinski definition) is 5. The first kappa shape index (κ1) is 25.1. The monoisotopic (exact) mass is 462 g/mol. The second-order valence-electron chi connectivity index (χ2n) is 8.15. The van der Waals surface area contributed by atoms with Gasteiger partial charge >= 0.3 is 0 Å². The number of benzene rings is 2. The number of imidazole rings is 1. The molecule has 0 aliphatic carbocycles. The summed E-state index contributed by atoms with van der Waals surface area (Å²) >= 11 is 0. The number of rotatable bonds is 13. The molecule has 7 heteroatoms. The molecule has 0 saturated carbocycles. The van der Waals surface area contributed by atoms with Crippen LogP contribution in [-0.2, 0) is 11.2 Å². The minimum atomic E-state index is 0.0393. The average molecular weight is 463 g/mol. The maximum Gasteiger partial charge on any atom is 0.223 e. The van der Waals surface area contributed by atoms with Crippen LogP contribution in [0.5, 0.6) is 11.5 Å². The molecule has 0 radical (unpaired) electrons. The van der Waals surface area contributed by atoms with Gasteiger partial charge in [0.2, 0.25) is 5.91 Å². The Morgan fingerprint density at radius 1 is 1.09 bits per heavy atom. The number of likely N-dealkylation sites (N-methyl/N-ethyl adjacent to an activating group) is 1. The molecule has 3 rings (SSSR count). The zero-order valence-electron chi connectivity index (χ0n) is 20.2. The van der Waals surface area contributed by atoms with Crippen molar-refractivity contribution in [3.8, 4) is 17.2 Å². The number of hydrogen-bond donors (Lipinski definition) is 1. The van der Waals surface area contributed by atoms with Crippen LogP contribution in [0.2, 0.25) is 0 Å². The molecular formula is C27H34N4O3. The van der Waals surface area contributed by atoms with Gasteiger partial charge in [-0.3, -0.25) is 4.79 Å². The highest BCUT2D eigenvalue weighted by Crippen LogP contribution is 2.22. The molecule has 7 nitrogen and oxygen atoms in total. The molecule has 1 aromatic heterocycles. The van der Waals surface area contributed by atoms with E-state index in [-0.39, 0.29) is 5.91 Å². The SMILES string of the molecule is COc1cc(CCN(C)CCCNC(=O)CC=Cc2ccc(-n3ccnc3)cc2)cc(OC)c1. The number of ether oxygens (including phenoxy) is 2. The first-order valence-corrected chi connectivity index (χ1v) is 11.5. The summed E-state index contributed by atoms with van der Waals surface area (Å²) in [6.07, 6.45) is 11.5. The van der Waals surface area contributed by atoms with Crippen LogP contribution in [0, 0.1) is 0 Å². The van der Waals surface area contributed by atoms with Crippen LogP contribution < -0.4 is 14.8 Å². The molecule has 0 atom stereocenters. The molecule has 0 spiro atoms. The number of nitrogens with zero attached hydrogens (tertiary/aromatic N) is 3. The van der Waals surface area contributed by atoms with Gasteiger partial charge in [0.05, 0.1) is 20.5 Å². The van der Waals surface area contributed by atoms with Crippen LogP contribution in [0.3, 0.4) is 0 Å². The maximum atomic E-state index is 12.1. The summed E-state index contributed by atoms with van der Waals surface area (Å²) in [4.78, 5) is 18.4. The third-order valence-corrected chi connectivity index (χ3v) is 5.54. The Hall–Kier alpha value is -3.58. The van der Waals surface area contributed by atoms with E-state index in [4.69, 9.17) is 9.47 Å². The summed E-state index contributed by atoms with van der Waals surface area (Å²) in [7, 11) is 5.42. The van der Waals surface area contributed by atoms with E-state index in [0.29, 0.717) is 13.0 Å². The maximum absolute atomic E-state index is 12.1. The number of nitrogens with one attached hydrogen (secondary N) is 1. The molecule has 180 valence electrons. The van der Waals surface area contributed by atoms with Crippen LogP contribution in [0.25, 0.3) is 11.8 Å². The zero-order chi connectivity index (χ0) is 24.2. The normalized spacial score (nSPS) is 11.2. The zero-order valence-corrected chi connectivity index (χ0v) is 20.2. The van der Waals surface area contributed by atoms with Crippen molar-refractivity contribution in [1.82, 2.24) is 19.8 Å². The molecule has 0 fully saturated rings. The van der Waals surface area contributed by atoms with Crippen LogP contribution in [-0.4, -0.2) is 61.3 Å². The van der Waals surface area contributed by atoms with Gasteiger partial charge in [-0.2, -0.15) is 0 Å². The van der Waals surface area contributed by atoms with Crippen molar-refractivity contribution in [3.05, 3.63) is 78.4 Å². The second kappa shape index (κ2) is 13.2. The lowest BCUT2D eigenvalue weighted by molar-refractivity contribution is -0.120. The van der Waals surface area contributed by atoms with E-state index in [0.717, 1.165) is 48.7 Å². The van der Waals surface area contributed by atoms with Crippen molar-refractivity contribution < 1.29 is 14.3 Å². The highest BCUT2D eigenvalue weighted by molar-refractivity contribution is 5.78. The van der Waals surface area contributed by atoms with Gasteiger partial charge < -0.3 is 24.3 Å². The van der Waals surface area contributed by atoms with Gasteiger partial charge in [0.25, 0.3) is 0 Å². The molecule has 1 amide bonds. The number of carbonyl (C=O) groups excluding carboxylic acids is 1. The molecular weight excluding hydrogens is 428 g/mol. The Balaban J connectivity index is 1.30. The van der Waals surface area contributed by atoms with E-state index >= 15 is 0 Å². The highest BCUT2D eigenvalue weighted by Gasteiger charge is 2.05. The minimum absolute atomic E-state index is 0.0393. The standard InChI is InChI=1S/C27H34N4O3/c1-30(16-12-23-18-25(33-2)20-26(19-23)34-3)15-5-13-29-27(32)7-4-6-22-8-10-24(11-9-22)31-17-14-28-21-31/h4,6,8-11,14,17-21H,5,7,12-13,15-16H2,1-3H3,(H,29,32). The molecule has 1 N–H and O–H groups in total. The van der Waals surface area contributed by atoms with E-state index < -0.39 is 0 Å². The number of carbonyl (C=O) groups is 1. The summed E-state index contributed by atoms with van der Waals surface area (Å²) < 4.78 is 12.6. The fourth-order valence-electron chi connectivity index (χ4n) is 3.56. The summed E-state index contributed by atoms with van der Waals surface area (Å²) in [5.41, 5.74) is 3.30. The molecule has 0 unspecified atom stereocenters. The fraction of sp³-hybridized carbons (Fsp3) is 0.333. The Morgan fingerprint density at radius 3 is 2.47 bits per heavy atom. The molecule has 34 heavy (non-hydrogen) atoms. The third-order valence-electron chi connectivity index (χ3n) is 5.54. The topological polar surface area (TPSA) is 68.6 Å². The predicted octanol–water partition coefficient (Wildman–Crippen LogP) is 3.97. The van der Waals surface area contributed by atoms with E-state index in [1.54, 1.807) is 26.7 Å². The van der Waals surface area contributed by atoms with Gasteiger partial charge in [-0.05, 0) is 61.8 Å². The Labute approximate surface area is 202 Å². The summed E-state index contributed by atoms with van der Waals surface area (Å²) in [5.74, 6) is 1.65. The summed E-state index contributed by atoms with van der Waals surface area (Å²) in [5, 5.41) is 3.00. The molecule has 1 heterocycles. The smallest absolute Gasteiger partial charge is 0.223 e. The molecule has 0 aliphatic heterocycles. The predicted molar refractivity (Wildman–Crippen MR) is 136 cm³/mol. The Kier molecular flexibility index (Phi) is 9.73. The van der Waals surface area contributed by atoms with Gasteiger partial charge in [-0.25, -0.2) is 4.98 Å². The van der Waals surface area contributed by atoms with Crippen LogP contribution in [0.15, 0.2) is 67.3 Å². The van der Waals surface area contributed by atoms with E-state index in [2.05, 4.69) is 22.2 Å². The number of aromatic nitrogens is 2. The highest BCUT2D eigenvalue weighted by atomic mass is 16.5. The van der Waals surface area contributed by atoms with Gasteiger partial charge in [0.1, 0.15) is 11.5 Å². The van der Waals surface area contributed by atoms with Crippen LogP contribution in [0.4, 0.5) is 0 Å². The minimum Gasteiger partial charge on any atom is -0.497 e. The van der Waals surface area contributed by atoms with Gasteiger partial charge in [0, 0.05) is 43.7 Å². The fourth-order valence-corrected chi connectivity index (χ4v) is 3.56. The Morgan fingerprint density at radius 2 is 1.82 bits per heavy atom. The number of methoxy groups -OCH3 is 2. The van der Waals surface area contributed by atoms with Crippen molar-refractivity contribution in [2.75, 3.05) is 40.9 Å². The lowest BCUT2D eigenvalue weighted by Crippen LogP contribution is -2.28. The van der Waals surface area contributed by atoms with Gasteiger partial charge in [-0.1, -0.05) is 24.3 Å². The lowest BCUT2D eigenvalue weighted by Gasteiger charge is -2.17. The van der Waals surface area contributed by atoms with Crippen molar-refractivity contribution in [1.29, 1.82) is 0 Å². The average Bonchev–Trinajstić information content (AvgIpc) is 3.40. The first-order chi connectivity index (χ1) is 16.6. The van der Waals surface area contributed by atoms with E-state index in [1.807, 2.05) is 65.4 Å². The first-order valence-electron chi connectivity index (χ1n) is 11.5. The quantitative estimate of drug-likeness (QED) is 0.389. The van der Waals surface area contributed by atoms with E-state index in [9.17, 15) is 4.79 Å². The van der Waals surface area contributed by atoms with Crippen LogP contribution >= 0.6 is 0 Å². The van der Waals surface area contributed by atoms with Crippen LogP contribution in [0.1, 0.15) is 24.0 Å². The van der Waals surface area contributed by atoms with E-state index in [1.165, 1.54) is 5.56 Å². The van der Waals surface area contributed by atoms with Crippen molar-refractivity contribution in [2.24, 2.45) is 0 Å². The Bertz CT molecular complexity index is 1020. The molecule has 0 aliphatic rings. The summed E-state index contributed by atoms with van der Waals surface area (Å²) in [6, 6.07) is 14.1. The third kappa shape index (κ3) is 8.08. The van der Waals surface area contributed by atoms with Gasteiger partial charge in [0.15, 0.2) is 0 Å². The lowest BCUT2D eigenvalue weighted by atomic mass is 10.1. The van der Waals surface area contributed by atoms with Crippen molar-refractivity contribution in [3.63, 3.8) is 0 Å². The second-order valence-corrected chi connectivity index (χ2v) is 8.15. The molecule has 2 aromatic carbocycles. The number of amides is 1. The molecule has 0 bridgehead atoms. The molecule has 3 aromatic rings. The largest absolute Gasteiger partial charge is 0.497 e. The van der Waals surface area contributed by atoms with Gasteiger partial charge in [-0.15, -0.1) is 0 Å². The van der Waals surface area contributed by atoms with Crippen molar-refractivity contribution >= 4 is 12.0 Å².